The first kappa shape index (κ1) is 18.7. The highest BCUT2D eigenvalue weighted by Gasteiger charge is 2.16. The molecule has 1 atom stereocenters. The van der Waals surface area contributed by atoms with Crippen LogP contribution < -0.4 is 5.32 Å². The van der Waals surface area contributed by atoms with Crippen molar-refractivity contribution >= 4 is 16.7 Å². The number of likely N-dealkylation sites (tertiary alicyclic amines) is 1. The Kier molecular flexibility index (Phi) is 5.73. The van der Waals surface area contributed by atoms with Crippen LogP contribution in [0.2, 0.25) is 0 Å². The van der Waals surface area contributed by atoms with Crippen molar-refractivity contribution in [2.75, 3.05) is 13.1 Å². The van der Waals surface area contributed by atoms with Gasteiger partial charge in [-0.15, -0.1) is 0 Å². The summed E-state index contributed by atoms with van der Waals surface area (Å²) in [5.74, 6) is 0.763. The number of nitrogens with zero attached hydrogens (tertiary/aromatic N) is 1. The molecule has 0 saturated carbocycles. The normalized spacial score (nSPS) is 17.5. The Labute approximate surface area is 167 Å². The summed E-state index contributed by atoms with van der Waals surface area (Å²) in [6.45, 7) is 6.19. The molecule has 1 saturated heterocycles. The van der Waals surface area contributed by atoms with Crippen LogP contribution in [0.25, 0.3) is 10.8 Å². The summed E-state index contributed by atoms with van der Waals surface area (Å²) in [4.78, 5) is 15.1. The second kappa shape index (κ2) is 8.57. The van der Waals surface area contributed by atoms with Crippen LogP contribution in [0.4, 0.5) is 0 Å². The summed E-state index contributed by atoms with van der Waals surface area (Å²) in [5.41, 5.74) is 3.14. The van der Waals surface area contributed by atoms with E-state index in [1.807, 2.05) is 30.3 Å². The molecule has 1 heterocycles. The van der Waals surface area contributed by atoms with E-state index in [4.69, 9.17) is 0 Å². The van der Waals surface area contributed by atoms with Crippen molar-refractivity contribution in [1.82, 2.24) is 10.2 Å². The minimum atomic E-state index is -0.0221. The van der Waals surface area contributed by atoms with E-state index in [9.17, 15) is 4.79 Å². The zero-order valence-electron chi connectivity index (χ0n) is 16.5. The minimum Gasteiger partial charge on any atom is -0.348 e. The molecular weight excluding hydrogens is 344 g/mol. The van der Waals surface area contributed by atoms with Gasteiger partial charge in [-0.25, -0.2) is 0 Å². The van der Waals surface area contributed by atoms with Crippen LogP contribution in [0.3, 0.4) is 0 Å². The topological polar surface area (TPSA) is 32.3 Å². The summed E-state index contributed by atoms with van der Waals surface area (Å²) >= 11 is 0. The quantitative estimate of drug-likeness (QED) is 0.683. The Balaban J connectivity index is 1.37. The van der Waals surface area contributed by atoms with Gasteiger partial charge >= 0.3 is 0 Å². The number of carbonyl (C=O) groups is 1. The van der Waals surface area contributed by atoms with Crippen LogP contribution in [-0.2, 0) is 13.1 Å². The van der Waals surface area contributed by atoms with E-state index in [2.05, 4.69) is 53.5 Å². The average Bonchev–Trinajstić information content (AvgIpc) is 2.72. The lowest BCUT2D eigenvalue weighted by Crippen LogP contribution is -2.33. The van der Waals surface area contributed by atoms with E-state index in [-0.39, 0.29) is 5.91 Å². The number of hydrogen-bond acceptors (Lipinski definition) is 2. The van der Waals surface area contributed by atoms with Gasteiger partial charge in [-0.2, -0.15) is 0 Å². The van der Waals surface area contributed by atoms with Crippen molar-refractivity contribution < 1.29 is 4.79 Å². The molecule has 0 radical (unpaired) electrons. The first-order chi connectivity index (χ1) is 13.7. The van der Waals surface area contributed by atoms with Crippen molar-refractivity contribution in [2.45, 2.75) is 32.9 Å². The van der Waals surface area contributed by atoms with Gasteiger partial charge < -0.3 is 5.32 Å². The molecule has 4 rings (SSSR count). The standard InChI is InChI=1S/C25H28N2O/c1-19-6-5-15-27(17-19)18-20-11-13-22(14-12-20)25(28)26-16-23-9-4-8-21-7-2-3-10-24(21)23/h2-4,7-14,19H,5-6,15-18H2,1H3,(H,26,28)/t19-/m1/s1. The molecule has 0 bridgehead atoms. The molecule has 3 aromatic carbocycles. The highest BCUT2D eigenvalue weighted by atomic mass is 16.1. The molecule has 3 nitrogen and oxygen atoms in total. The molecule has 1 fully saturated rings. The number of carbonyl (C=O) groups excluding carboxylic acids is 1. The second-order valence-corrected chi connectivity index (χ2v) is 8.00. The van der Waals surface area contributed by atoms with Crippen LogP contribution in [0, 0.1) is 5.92 Å². The molecule has 1 amide bonds. The molecular formula is C25H28N2O. The lowest BCUT2D eigenvalue weighted by Gasteiger charge is -2.30. The number of rotatable bonds is 5. The van der Waals surface area contributed by atoms with Crippen molar-refractivity contribution in [3.63, 3.8) is 0 Å². The SMILES string of the molecule is C[C@@H]1CCCN(Cc2ccc(C(=O)NCc3cccc4ccccc34)cc2)C1. The van der Waals surface area contributed by atoms with E-state index in [0.717, 1.165) is 23.6 Å². The highest BCUT2D eigenvalue weighted by Crippen LogP contribution is 2.19. The molecule has 3 heteroatoms. The number of nitrogens with one attached hydrogen (secondary N) is 1. The average molecular weight is 373 g/mol. The van der Waals surface area contributed by atoms with E-state index in [1.54, 1.807) is 0 Å². The zero-order valence-corrected chi connectivity index (χ0v) is 16.5. The van der Waals surface area contributed by atoms with Gasteiger partial charge in [-0.1, -0.05) is 61.5 Å². The molecule has 3 aromatic rings. The van der Waals surface area contributed by atoms with Gasteiger partial charge in [0.15, 0.2) is 0 Å². The number of hydrogen-bond donors (Lipinski definition) is 1. The van der Waals surface area contributed by atoms with Gasteiger partial charge in [-0.05, 0) is 59.3 Å². The van der Waals surface area contributed by atoms with Crippen LogP contribution in [-0.4, -0.2) is 23.9 Å². The largest absolute Gasteiger partial charge is 0.348 e. The third-order valence-electron chi connectivity index (χ3n) is 5.68. The van der Waals surface area contributed by atoms with Crippen molar-refractivity contribution in [3.05, 3.63) is 83.4 Å². The number of amides is 1. The lowest BCUT2D eigenvalue weighted by molar-refractivity contribution is 0.0951. The molecule has 0 aromatic heterocycles. The molecule has 28 heavy (non-hydrogen) atoms. The van der Waals surface area contributed by atoms with Crippen molar-refractivity contribution in [1.29, 1.82) is 0 Å². The van der Waals surface area contributed by atoms with Gasteiger partial charge in [0.2, 0.25) is 0 Å². The Bertz CT molecular complexity index is 943. The zero-order chi connectivity index (χ0) is 19.3. The van der Waals surface area contributed by atoms with Crippen LogP contribution in [0.15, 0.2) is 66.7 Å². The Morgan fingerprint density at radius 3 is 2.64 bits per heavy atom. The summed E-state index contributed by atoms with van der Waals surface area (Å²) < 4.78 is 0. The minimum absolute atomic E-state index is 0.0221. The number of benzene rings is 3. The maximum atomic E-state index is 12.6. The monoisotopic (exact) mass is 372 g/mol. The molecule has 0 unspecified atom stereocenters. The summed E-state index contributed by atoms with van der Waals surface area (Å²) in [6.07, 6.45) is 2.63. The van der Waals surface area contributed by atoms with Gasteiger partial charge in [0, 0.05) is 25.2 Å². The Morgan fingerprint density at radius 2 is 1.82 bits per heavy atom. The van der Waals surface area contributed by atoms with Gasteiger partial charge in [0.25, 0.3) is 5.91 Å². The predicted octanol–water partition coefficient (Wildman–Crippen LogP) is 5.00. The smallest absolute Gasteiger partial charge is 0.251 e. The maximum Gasteiger partial charge on any atom is 0.251 e. The molecule has 1 aliphatic heterocycles. The van der Waals surface area contributed by atoms with E-state index in [0.29, 0.717) is 6.54 Å². The first-order valence-electron chi connectivity index (χ1n) is 10.3. The summed E-state index contributed by atoms with van der Waals surface area (Å²) in [5, 5.41) is 5.46. The van der Waals surface area contributed by atoms with Crippen molar-refractivity contribution in [3.8, 4) is 0 Å². The molecule has 0 spiro atoms. The second-order valence-electron chi connectivity index (χ2n) is 8.00. The maximum absolute atomic E-state index is 12.6. The van der Waals surface area contributed by atoms with Crippen LogP contribution >= 0.6 is 0 Å². The van der Waals surface area contributed by atoms with E-state index < -0.39 is 0 Å². The number of piperidine rings is 1. The fraction of sp³-hybridized carbons (Fsp3) is 0.320. The highest BCUT2D eigenvalue weighted by molar-refractivity contribution is 5.94. The fourth-order valence-electron chi connectivity index (χ4n) is 4.17. The van der Waals surface area contributed by atoms with Crippen LogP contribution in [0.1, 0.15) is 41.3 Å². The van der Waals surface area contributed by atoms with Gasteiger partial charge in [0.1, 0.15) is 0 Å². The molecule has 0 aliphatic carbocycles. The first-order valence-corrected chi connectivity index (χ1v) is 10.3. The predicted molar refractivity (Wildman–Crippen MR) is 115 cm³/mol. The Morgan fingerprint density at radius 1 is 1.04 bits per heavy atom. The molecule has 1 N–H and O–H groups in total. The summed E-state index contributed by atoms with van der Waals surface area (Å²) in [6, 6.07) is 22.6. The van der Waals surface area contributed by atoms with Gasteiger partial charge in [0.05, 0.1) is 0 Å². The third-order valence-corrected chi connectivity index (χ3v) is 5.68. The fourth-order valence-corrected chi connectivity index (χ4v) is 4.17. The van der Waals surface area contributed by atoms with Crippen molar-refractivity contribution in [2.24, 2.45) is 5.92 Å². The summed E-state index contributed by atoms with van der Waals surface area (Å²) in [7, 11) is 0. The Hall–Kier alpha value is -2.65. The number of fused-ring (bicyclic) bond motifs is 1. The third kappa shape index (κ3) is 4.42. The molecule has 1 aliphatic rings. The van der Waals surface area contributed by atoms with E-state index >= 15 is 0 Å². The van der Waals surface area contributed by atoms with Crippen LogP contribution in [0.5, 0.6) is 0 Å². The molecule has 144 valence electrons. The van der Waals surface area contributed by atoms with Gasteiger partial charge in [-0.3, -0.25) is 9.69 Å². The van der Waals surface area contributed by atoms with E-state index in [1.165, 1.54) is 42.3 Å². The lowest BCUT2D eigenvalue weighted by atomic mass is 9.99.